The van der Waals surface area contributed by atoms with Crippen molar-refractivity contribution >= 4 is 27.5 Å². The summed E-state index contributed by atoms with van der Waals surface area (Å²) in [7, 11) is 0. The number of benzene rings is 1. The van der Waals surface area contributed by atoms with Gasteiger partial charge in [-0.15, -0.1) is 0 Å². The van der Waals surface area contributed by atoms with Crippen LogP contribution in [0.15, 0.2) is 22.7 Å². The molecule has 1 aromatic carbocycles. The fraction of sp³-hybridized carbons (Fsp3) is 0.385. The van der Waals surface area contributed by atoms with Crippen molar-refractivity contribution in [1.82, 2.24) is 0 Å². The van der Waals surface area contributed by atoms with E-state index in [0.29, 0.717) is 29.3 Å². The van der Waals surface area contributed by atoms with Crippen molar-refractivity contribution in [2.45, 2.75) is 25.7 Å². The minimum absolute atomic E-state index is 0.127. The van der Waals surface area contributed by atoms with Gasteiger partial charge in [0.2, 0.25) is 0 Å². The molecule has 1 fully saturated rings. The summed E-state index contributed by atoms with van der Waals surface area (Å²) in [6, 6.07) is 4.05. The molecule has 0 amide bonds. The average Bonchev–Trinajstić information content (AvgIpc) is 2.31. The van der Waals surface area contributed by atoms with E-state index in [9.17, 15) is 14.0 Å². The fourth-order valence-corrected chi connectivity index (χ4v) is 2.60. The van der Waals surface area contributed by atoms with Crippen LogP contribution in [0.3, 0.4) is 0 Å². The lowest BCUT2D eigenvalue weighted by Gasteiger charge is -2.20. The number of Topliss-reactive ketones (excluding diaryl/α,β-unsaturated/α-hetero) is 2. The van der Waals surface area contributed by atoms with Gasteiger partial charge in [0, 0.05) is 28.8 Å². The summed E-state index contributed by atoms with van der Waals surface area (Å²) in [5.41, 5.74) is 0.338. The van der Waals surface area contributed by atoms with Crippen LogP contribution in [0.4, 0.5) is 4.39 Å². The quantitative estimate of drug-likeness (QED) is 0.783. The second-order valence-corrected chi connectivity index (χ2v) is 5.17. The van der Waals surface area contributed by atoms with Crippen LogP contribution in [-0.2, 0) is 4.79 Å². The molecular formula is C13H12BrFO2. The lowest BCUT2D eigenvalue weighted by atomic mass is 9.83. The van der Waals surface area contributed by atoms with Gasteiger partial charge in [0.1, 0.15) is 11.6 Å². The Hall–Kier alpha value is -1.03. The van der Waals surface area contributed by atoms with E-state index in [4.69, 9.17) is 0 Å². The van der Waals surface area contributed by atoms with Crippen LogP contribution >= 0.6 is 15.9 Å². The molecule has 4 heteroatoms. The molecule has 2 rings (SSSR count). The zero-order valence-electron chi connectivity index (χ0n) is 9.21. The van der Waals surface area contributed by atoms with Crippen molar-refractivity contribution in [3.8, 4) is 0 Å². The summed E-state index contributed by atoms with van der Waals surface area (Å²) < 4.78 is 13.7. The van der Waals surface area contributed by atoms with Gasteiger partial charge in [-0.05, 0) is 31.0 Å². The third kappa shape index (κ3) is 2.80. The van der Waals surface area contributed by atoms with Gasteiger partial charge in [-0.25, -0.2) is 4.39 Å². The summed E-state index contributed by atoms with van der Waals surface area (Å²) >= 11 is 3.24. The molecule has 1 unspecified atom stereocenters. The highest BCUT2D eigenvalue weighted by molar-refractivity contribution is 9.10. The Labute approximate surface area is 107 Å². The van der Waals surface area contributed by atoms with Crippen LogP contribution in [0.25, 0.3) is 0 Å². The monoisotopic (exact) mass is 298 g/mol. The minimum atomic E-state index is -0.432. The van der Waals surface area contributed by atoms with E-state index in [1.807, 2.05) is 0 Å². The number of ketones is 2. The maximum atomic E-state index is 13.1. The van der Waals surface area contributed by atoms with Crippen LogP contribution in [0.2, 0.25) is 0 Å². The normalized spacial score (nSPS) is 20.4. The number of rotatable bonds is 2. The van der Waals surface area contributed by atoms with Crippen LogP contribution < -0.4 is 0 Å². The van der Waals surface area contributed by atoms with Crippen molar-refractivity contribution < 1.29 is 14.0 Å². The molecule has 0 heterocycles. The van der Waals surface area contributed by atoms with Gasteiger partial charge in [0.25, 0.3) is 0 Å². The number of hydrogen-bond acceptors (Lipinski definition) is 2. The van der Waals surface area contributed by atoms with E-state index in [-0.39, 0.29) is 17.5 Å². The highest BCUT2D eigenvalue weighted by Crippen LogP contribution is 2.28. The number of carbonyl (C=O) groups excluding carboxylic acids is 2. The van der Waals surface area contributed by atoms with Crippen LogP contribution in [-0.4, -0.2) is 11.6 Å². The molecule has 0 aliphatic heterocycles. The molecule has 2 nitrogen and oxygen atoms in total. The first-order chi connectivity index (χ1) is 8.08. The Kier molecular flexibility index (Phi) is 3.72. The van der Waals surface area contributed by atoms with E-state index >= 15 is 0 Å². The molecule has 0 radical (unpaired) electrons. The minimum Gasteiger partial charge on any atom is -0.300 e. The first-order valence-corrected chi connectivity index (χ1v) is 6.38. The Morgan fingerprint density at radius 1 is 1.41 bits per heavy atom. The first-order valence-electron chi connectivity index (χ1n) is 5.59. The van der Waals surface area contributed by atoms with Gasteiger partial charge in [0.05, 0.1) is 0 Å². The molecule has 1 aromatic rings. The fourth-order valence-electron chi connectivity index (χ4n) is 2.15. The largest absolute Gasteiger partial charge is 0.300 e. The Bertz CT molecular complexity index is 470. The maximum Gasteiger partial charge on any atom is 0.167 e. The third-order valence-corrected chi connectivity index (χ3v) is 3.74. The molecule has 1 aliphatic carbocycles. The molecule has 0 saturated heterocycles. The van der Waals surface area contributed by atoms with Crippen molar-refractivity contribution in [2.75, 3.05) is 0 Å². The van der Waals surface area contributed by atoms with Crippen molar-refractivity contribution in [3.63, 3.8) is 0 Å². The summed E-state index contributed by atoms with van der Waals surface area (Å²) in [4.78, 5) is 23.5. The molecule has 0 spiro atoms. The molecule has 1 atom stereocenters. The van der Waals surface area contributed by atoms with Gasteiger partial charge >= 0.3 is 0 Å². The smallest absolute Gasteiger partial charge is 0.167 e. The van der Waals surface area contributed by atoms with Gasteiger partial charge in [-0.1, -0.05) is 15.9 Å². The molecule has 90 valence electrons. The van der Waals surface area contributed by atoms with Gasteiger partial charge in [0.15, 0.2) is 5.78 Å². The molecule has 1 aliphatic rings. The Morgan fingerprint density at radius 3 is 2.88 bits per heavy atom. The Balaban J connectivity index is 2.24. The van der Waals surface area contributed by atoms with Gasteiger partial charge in [-0.2, -0.15) is 0 Å². The number of hydrogen-bond donors (Lipinski definition) is 0. The molecule has 17 heavy (non-hydrogen) atoms. The average molecular weight is 299 g/mol. The van der Waals surface area contributed by atoms with Crippen molar-refractivity contribution in [2.24, 2.45) is 5.92 Å². The summed E-state index contributed by atoms with van der Waals surface area (Å²) in [5, 5.41) is 0. The highest BCUT2D eigenvalue weighted by atomic mass is 79.9. The summed E-state index contributed by atoms with van der Waals surface area (Å²) in [6.07, 6.45) is 2.32. The third-order valence-electron chi connectivity index (χ3n) is 3.05. The summed E-state index contributed by atoms with van der Waals surface area (Å²) in [5.74, 6) is -0.723. The predicted octanol–water partition coefficient (Wildman–Crippen LogP) is 3.53. The van der Waals surface area contributed by atoms with Gasteiger partial charge in [-0.3, -0.25) is 9.59 Å². The standard InChI is InChI=1S/C13H12BrFO2/c14-12-5-4-9(15)7-11(12)13(17)8-2-1-3-10(16)6-8/h4-5,7-8H,1-3,6H2. The molecular weight excluding hydrogens is 287 g/mol. The van der Waals surface area contributed by atoms with E-state index in [0.717, 1.165) is 6.42 Å². The van der Waals surface area contributed by atoms with Crippen molar-refractivity contribution in [1.29, 1.82) is 0 Å². The second kappa shape index (κ2) is 5.08. The number of halogens is 2. The SMILES string of the molecule is O=C1CCCC(C(=O)c2cc(F)ccc2Br)C1. The summed E-state index contributed by atoms with van der Waals surface area (Å²) in [6.45, 7) is 0. The van der Waals surface area contributed by atoms with Crippen molar-refractivity contribution in [3.05, 3.63) is 34.1 Å². The van der Waals surface area contributed by atoms with Crippen LogP contribution in [0.5, 0.6) is 0 Å². The first kappa shape index (κ1) is 12.4. The van der Waals surface area contributed by atoms with Gasteiger partial charge < -0.3 is 0 Å². The lowest BCUT2D eigenvalue weighted by molar-refractivity contribution is -0.121. The van der Waals surface area contributed by atoms with Crippen LogP contribution in [0, 0.1) is 11.7 Å². The van der Waals surface area contributed by atoms with E-state index in [2.05, 4.69) is 15.9 Å². The lowest BCUT2D eigenvalue weighted by Crippen LogP contribution is -2.23. The van der Waals surface area contributed by atoms with E-state index < -0.39 is 5.82 Å². The topological polar surface area (TPSA) is 34.1 Å². The molecule has 0 bridgehead atoms. The number of carbonyl (C=O) groups is 2. The maximum absolute atomic E-state index is 13.1. The zero-order valence-corrected chi connectivity index (χ0v) is 10.8. The molecule has 1 saturated carbocycles. The Morgan fingerprint density at radius 2 is 2.18 bits per heavy atom. The molecule has 0 aromatic heterocycles. The van der Waals surface area contributed by atoms with E-state index in [1.54, 1.807) is 0 Å². The highest BCUT2D eigenvalue weighted by Gasteiger charge is 2.27. The molecule has 0 N–H and O–H groups in total. The van der Waals surface area contributed by atoms with Crippen LogP contribution in [0.1, 0.15) is 36.0 Å². The van der Waals surface area contributed by atoms with E-state index in [1.165, 1.54) is 18.2 Å². The zero-order chi connectivity index (χ0) is 12.4. The second-order valence-electron chi connectivity index (χ2n) is 4.32. The predicted molar refractivity (Wildman–Crippen MR) is 65.4 cm³/mol.